The molecule has 7 nitrogen and oxygen atoms in total. The van der Waals surface area contributed by atoms with Gasteiger partial charge < -0.3 is 19.9 Å². The van der Waals surface area contributed by atoms with Crippen molar-refractivity contribution in [3.63, 3.8) is 0 Å². The van der Waals surface area contributed by atoms with Gasteiger partial charge in [-0.2, -0.15) is 0 Å². The Hall–Kier alpha value is -2.51. The standard InChI is InChI=1S/C25H35N5O2/c1-3-29(4-2)22-12-15-32-23(16-22)19-8-10-21(11-9-19)28-24(31)20-17-26-25(27-18-20)30-13-6-5-7-14-30/h8-11,17-18,22-23H,3-7,12-16H2,1-2H3,(H,28,31)/t22-,23+/m1/s1. The van der Waals surface area contributed by atoms with Crippen LogP contribution in [0.25, 0.3) is 0 Å². The van der Waals surface area contributed by atoms with Gasteiger partial charge in [0.15, 0.2) is 0 Å². The van der Waals surface area contributed by atoms with E-state index in [0.29, 0.717) is 17.6 Å². The first kappa shape index (κ1) is 22.7. The van der Waals surface area contributed by atoms with Crippen LogP contribution in [0.4, 0.5) is 11.6 Å². The molecular weight excluding hydrogens is 402 g/mol. The lowest BCUT2D eigenvalue weighted by Crippen LogP contribution is -2.40. The van der Waals surface area contributed by atoms with Crippen LogP contribution in [0.1, 0.15) is 68.0 Å². The fraction of sp³-hybridized carbons (Fsp3) is 0.560. The average molecular weight is 438 g/mol. The van der Waals surface area contributed by atoms with Crippen LogP contribution in [-0.4, -0.2) is 59.6 Å². The Morgan fingerprint density at radius 3 is 2.44 bits per heavy atom. The summed E-state index contributed by atoms with van der Waals surface area (Å²) in [5.41, 5.74) is 2.39. The number of amides is 1. The molecule has 32 heavy (non-hydrogen) atoms. The zero-order chi connectivity index (χ0) is 22.3. The van der Waals surface area contributed by atoms with Gasteiger partial charge in [0.1, 0.15) is 0 Å². The summed E-state index contributed by atoms with van der Waals surface area (Å²) in [7, 11) is 0. The number of carbonyl (C=O) groups excluding carboxylic acids is 1. The van der Waals surface area contributed by atoms with Gasteiger partial charge in [-0.05, 0) is 62.9 Å². The quantitative estimate of drug-likeness (QED) is 0.697. The monoisotopic (exact) mass is 437 g/mol. The van der Waals surface area contributed by atoms with E-state index in [-0.39, 0.29) is 12.0 Å². The van der Waals surface area contributed by atoms with Crippen LogP contribution in [-0.2, 0) is 4.74 Å². The minimum atomic E-state index is -0.196. The Morgan fingerprint density at radius 2 is 1.78 bits per heavy atom. The Labute approximate surface area is 191 Å². The van der Waals surface area contributed by atoms with Crippen molar-refractivity contribution in [2.45, 2.75) is 58.1 Å². The van der Waals surface area contributed by atoms with Crippen molar-refractivity contribution in [2.24, 2.45) is 0 Å². The SMILES string of the molecule is CCN(CC)[C@@H]1CCO[C@H](c2ccc(NC(=O)c3cnc(N4CCCCC4)nc3)cc2)C1. The van der Waals surface area contributed by atoms with Gasteiger partial charge in [0.2, 0.25) is 5.95 Å². The molecule has 1 N–H and O–H groups in total. The number of hydrogen-bond acceptors (Lipinski definition) is 6. The van der Waals surface area contributed by atoms with Crippen LogP contribution < -0.4 is 10.2 Å². The van der Waals surface area contributed by atoms with Gasteiger partial charge in [-0.25, -0.2) is 9.97 Å². The van der Waals surface area contributed by atoms with Gasteiger partial charge in [-0.1, -0.05) is 26.0 Å². The third kappa shape index (κ3) is 5.45. The summed E-state index contributed by atoms with van der Waals surface area (Å²) in [6.07, 6.45) is 9.04. The third-order valence-corrected chi connectivity index (χ3v) is 6.66. The van der Waals surface area contributed by atoms with Crippen molar-refractivity contribution in [3.8, 4) is 0 Å². The summed E-state index contributed by atoms with van der Waals surface area (Å²) in [5.74, 6) is 0.513. The van der Waals surface area contributed by atoms with Gasteiger partial charge in [0.05, 0.1) is 11.7 Å². The fourth-order valence-corrected chi connectivity index (χ4v) is 4.76. The van der Waals surface area contributed by atoms with Gasteiger partial charge in [-0.3, -0.25) is 4.79 Å². The predicted molar refractivity (Wildman–Crippen MR) is 127 cm³/mol. The van der Waals surface area contributed by atoms with Crippen LogP contribution in [0, 0.1) is 0 Å². The van der Waals surface area contributed by atoms with E-state index in [0.717, 1.165) is 56.9 Å². The Morgan fingerprint density at radius 1 is 1.09 bits per heavy atom. The first-order valence-corrected chi connectivity index (χ1v) is 12.0. The number of hydrogen-bond donors (Lipinski definition) is 1. The molecule has 2 fully saturated rings. The summed E-state index contributed by atoms with van der Waals surface area (Å²) >= 11 is 0. The number of nitrogens with zero attached hydrogens (tertiary/aromatic N) is 4. The molecule has 2 atom stereocenters. The molecule has 0 bridgehead atoms. The minimum absolute atomic E-state index is 0.106. The summed E-state index contributed by atoms with van der Waals surface area (Å²) in [5, 5.41) is 2.95. The number of carbonyl (C=O) groups is 1. The smallest absolute Gasteiger partial charge is 0.258 e. The van der Waals surface area contributed by atoms with Crippen LogP contribution >= 0.6 is 0 Å². The third-order valence-electron chi connectivity index (χ3n) is 6.66. The van der Waals surface area contributed by atoms with E-state index in [4.69, 9.17) is 4.74 Å². The molecule has 7 heteroatoms. The first-order chi connectivity index (χ1) is 15.7. The molecule has 2 saturated heterocycles. The largest absolute Gasteiger partial charge is 0.373 e. The number of aromatic nitrogens is 2. The molecule has 4 rings (SSSR count). The molecule has 1 amide bonds. The number of ether oxygens (including phenoxy) is 1. The highest BCUT2D eigenvalue weighted by Gasteiger charge is 2.27. The summed E-state index contributed by atoms with van der Waals surface area (Å²) in [4.78, 5) is 26.2. The van der Waals surface area contributed by atoms with Gasteiger partial charge in [0.25, 0.3) is 5.91 Å². The molecule has 172 valence electrons. The number of piperidine rings is 1. The molecule has 0 unspecified atom stereocenters. The van der Waals surface area contributed by atoms with Gasteiger partial charge in [0, 0.05) is 43.8 Å². The van der Waals surface area contributed by atoms with E-state index >= 15 is 0 Å². The second kappa shape index (κ2) is 10.9. The summed E-state index contributed by atoms with van der Waals surface area (Å²) in [6, 6.07) is 8.57. The van der Waals surface area contributed by atoms with Crippen LogP contribution in [0.5, 0.6) is 0 Å². The maximum absolute atomic E-state index is 12.6. The maximum Gasteiger partial charge on any atom is 0.258 e. The van der Waals surface area contributed by atoms with Crippen molar-refractivity contribution in [3.05, 3.63) is 47.8 Å². The van der Waals surface area contributed by atoms with Crippen molar-refractivity contribution in [2.75, 3.05) is 43.0 Å². The van der Waals surface area contributed by atoms with Crippen LogP contribution in [0.2, 0.25) is 0 Å². The van der Waals surface area contributed by atoms with Crippen molar-refractivity contribution < 1.29 is 9.53 Å². The van der Waals surface area contributed by atoms with E-state index in [1.54, 1.807) is 12.4 Å². The second-order valence-electron chi connectivity index (χ2n) is 8.65. The second-order valence-corrected chi connectivity index (χ2v) is 8.65. The lowest BCUT2D eigenvalue weighted by molar-refractivity contribution is -0.0265. The Kier molecular flexibility index (Phi) is 7.71. The van der Waals surface area contributed by atoms with Gasteiger partial charge >= 0.3 is 0 Å². The number of anilines is 2. The average Bonchev–Trinajstić information content (AvgIpc) is 2.86. The normalized spacial score (nSPS) is 21.5. The number of benzene rings is 1. The molecule has 3 heterocycles. The van der Waals surface area contributed by atoms with Gasteiger partial charge in [-0.15, -0.1) is 0 Å². The Bertz CT molecular complexity index is 861. The van der Waals surface area contributed by atoms with Crippen molar-refractivity contribution >= 4 is 17.5 Å². The fourth-order valence-electron chi connectivity index (χ4n) is 4.76. The number of nitrogens with one attached hydrogen (secondary N) is 1. The maximum atomic E-state index is 12.6. The molecule has 2 aromatic rings. The molecule has 0 saturated carbocycles. The molecule has 0 aliphatic carbocycles. The molecule has 2 aliphatic rings. The minimum Gasteiger partial charge on any atom is -0.373 e. The van der Waals surface area contributed by atoms with Crippen molar-refractivity contribution in [1.82, 2.24) is 14.9 Å². The highest BCUT2D eigenvalue weighted by Crippen LogP contribution is 2.31. The highest BCUT2D eigenvalue weighted by molar-refractivity contribution is 6.03. The van der Waals surface area contributed by atoms with E-state index < -0.39 is 0 Å². The van der Waals surface area contributed by atoms with Crippen molar-refractivity contribution in [1.29, 1.82) is 0 Å². The lowest BCUT2D eigenvalue weighted by Gasteiger charge is -2.36. The van der Waals surface area contributed by atoms with E-state index in [1.807, 2.05) is 12.1 Å². The summed E-state index contributed by atoms with van der Waals surface area (Å²) < 4.78 is 6.05. The lowest BCUT2D eigenvalue weighted by atomic mass is 9.96. The van der Waals surface area contributed by atoms with E-state index in [1.165, 1.54) is 19.3 Å². The van der Waals surface area contributed by atoms with Crippen LogP contribution in [0.15, 0.2) is 36.7 Å². The van der Waals surface area contributed by atoms with E-state index in [9.17, 15) is 4.79 Å². The molecule has 1 aromatic heterocycles. The summed E-state index contributed by atoms with van der Waals surface area (Å²) in [6.45, 7) is 9.34. The molecular formula is C25H35N5O2. The number of rotatable bonds is 7. The zero-order valence-corrected chi connectivity index (χ0v) is 19.3. The predicted octanol–water partition coefficient (Wildman–Crippen LogP) is 4.28. The topological polar surface area (TPSA) is 70.6 Å². The molecule has 1 aromatic carbocycles. The highest BCUT2D eigenvalue weighted by atomic mass is 16.5. The van der Waals surface area contributed by atoms with Crippen LogP contribution in [0.3, 0.4) is 0 Å². The Balaban J connectivity index is 1.34. The molecule has 0 spiro atoms. The molecule has 0 radical (unpaired) electrons. The molecule has 2 aliphatic heterocycles. The zero-order valence-electron chi connectivity index (χ0n) is 19.3. The van der Waals surface area contributed by atoms with E-state index in [2.05, 4.69) is 51.1 Å². The first-order valence-electron chi connectivity index (χ1n) is 12.0.